The van der Waals surface area contributed by atoms with E-state index in [9.17, 15) is 0 Å². The molecule has 0 aromatic carbocycles. The third-order valence-electron chi connectivity index (χ3n) is 6.43. The van der Waals surface area contributed by atoms with Gasteiger partial charge < -0.3 is 25.8 Å². The van der Waals surface area contributed by atoms with Gasteiger partial charge in [-0.15, -0.1) is 0 Å². The van der Waals surface area contributed by atoms with E-state index in [-0.39, 0.29) is 0 Å². The van der Waals surface area contributed by atoms with Crippen LogP contribution >= 0.6 is 32.1 Å². The van der Waals surface area contributed by atoms with Gasteiger partial charge in [-0.3, -0.25) is 9.98 Å². The molecule has 0 bridgehead atoms. The lowest BCUT2D eigenvalue weighted by Crippen LogP contribution is -2.10. The summed E-state index contributed by atoms with van der Waals surface area (Å²) in [6, 6.07) is 0. The number of thioether (sulfide) groups is 2. The van der Waals surface area contributed by atoms with E-state index in [1.807, 2.05) is 0 Å². The van der Waals surface area contributed by atoms with Crippen molar-refractivity contribution in [2.24, 2.45) is 21.5 Å². The summed E-state index contributed by atoms with van der Waals surface area (Å²) in [5.41, 5.74) is 11.6. The van der Waals surface area contributed by atoms with Gasteiger partial charge in [-0.25, -0.2) is 0 Å². The highest BCUT2D eigenvalue weighted by Crippen LogP contribution is 2.21. The van der Waals surface area contributed by atoms with E-state index in [1.165, 1.54) is 136 Å². The second-order valence-corrected chi connectivity index (χ2v) is 15.6. The second-order valence-electron chi connectivity index (χ2n) is 11.6. The SMILES string of the molecule is CCCCCCCCCCCCN=C(N)SC(C)C.CCCCCCCCCCCCN=C(N)SC(C)C.COP(O)O. The lowest BCUT2D eigenvalue weighted by atomic mass is 10.1. The topological polar surface area (TPSA) is 126 Å². The molecule has 7 nitrogen and oxygen atoms in total. The van der Waals surface area contributed by atoms with Crippen molar-refractivity contribution in [3.8, 4) is 0 Å². The number of amidine groups is 2. The quantitative estimate of drug-likeness (QED) is 0.0330. The minimum atomic E-state index is -2.10. The van der Waals surface area contributed by atoms with Crippen LogP contribution in [0.4, 0.5) is 0 Å². The minimum absolute atomic E-state index is 0.538. The first-order chi connectivity index (χ1) is 20.6. The predicted octanol–water partition coefficient (Wildman–Crippen LogP) is 10.6. The molecule has 0 amide bonds. The van der Waals surface area contributed by atoms with Crippen molar-refractivity contribution in [3.63, 3.8) is 0 Å². The summed E-state index contributed by atoms with van der Waals surface area (Å²) in [7, 11) is -0.870. The zero-order valence-electron chi connectivity index (χ0n) is 29.3. The van der Waals surface area contributed by atoms with Gasteiger partial charge in [0.1, 0.15) is 0 Å². The summed E-state index contributed by atoms with van der Waals surface area (Å²) in [5, 5.41) is 2.59. The molecule has 0 saturated carbocycles. The van der Waals surface area contributed by atoms with Gasteiger partial charge >= 0.3 is 8.60 Å². The summed E-state index contributed by atoms with van der Waals surface area (Å²) in [6.45, 7) is 14.9. The lowest BCUT2D eigenvalue weighted by molar-refractivity contribution is 0.310. The summed E-state index contributed by atoms with van der Waals surface area (Å²) < 4.78 is 3.93. The fraction of sp³-hybridized carbons (Fsp3) is 0.939. The largest absolute Gasteiger partial charge is 0.379 e. The van der Waals surface area contributed by atoms with E-state index in [4.69, 9.17) is 21.3 Å². The van der Waals surface area contributed by atoms with Crippen LogP contribution < -0.4 is 11.5 Å². The molecule has 0 aliphatic heterocycles. The molecule has 0 aromatic rings. The maximum Gasteiger partial charge on any atom is 0.326 e. The highest BCUT2D eigenvalue weighted by molar-refractivity contribution is 8.14. The fourth-order valence-electron chi connectivity index (χ4n) is 4.13. The summed E-state index contributed by atoms with van der Waals surface area (Å²) >= 11 is 3.33. The van der Waals surface area contributed by atoms with E-state index in [2.05, 4.69) is 56.1 Å². The predicted molar refractivity (Wildman–Crippen MR) is 200 cm³/mol. The van der Waals surface area contributed by atoms with Crippen molar-refractivity contribution in [2.75, 3.05) is 20.2 Å². The normalized spacial score (nSPS) is 12.0. The number of unbranched alkanes of at least 4 members (excludes halogenated alkanes) is 18. The molecule has 0 atom stereocenters. The molecule has 0 aromatic heterocycles. The van der Waals surface area contributed by atoms with Gasteiger partial charge in [0.25, 0.3) is 0 Å². The Morgan fingerprint density at radius 1 is 0.558 bits per heavy atom. The Labute approximate surface area is 278 Å². The van der Waals surface area contributed by atoms with Crippen LogP contribution in [0.15, 0.2) is 9.98 Å². The van der Waals surface area contributed by atoms with Crippen LogP contribution in [0.1, 0.15) is 170 Å². The first kappa shape index (κ1) is 47.4. The van der Waals surface area contributed by atoms with E-state index >= 15 is 0 Å². The van der Waals surface area contributed by atoms with Crippen molar-refractivity contribution < 1.29 is 14.3 Å². The van der Waals surface area contributed by atoms with Crippen molar-refractivity contribution in [1.29, 1.82) is 0 Å². The smallest absolute Gasteiger partial charge is 0.326 e. The van der Waals surface area contributed by atoms with Crippen LogP contribution in [0, 0.1) is 0 Å². The van der Waals surface area contributed by atoms with E-state index in [0.29, 0.717) is 10.5 Å². The van der Waals surface area contributed by atoms with Crippen LogP contribution in [0.2, 0.25) is 0 Å². The molecule has 43 heavy (non-hydrogen) atoms. The molecule has 260 valence electrons. The van der Waals surface area contributed by atoms with Gasteiger partial charge in [0, 0.05) is 30.7 Å². The molecule has 10 heteroatoms. The van der Waals surface area contributed by atoms with Crippen LogP contribution in [-0.4, -0.2) is 50.8 Å². The van der Waals surface area contributed by atoms with Crippen molar-refractivity contribution in [2.45, 2.75) is 180 Å². The van der Waals surface area contributed by atoms with Gasteiger partial charge in [0.05, 0.1) is 0 Å². The van der Waals surface area contributed by atoms with Crippen LogP contribution in [-0.2, 0) is 4.52 Å². The Morgan fingerprint density at radius 2 is 0.791 bits per heavy atom. The van der Waals surface area contributed by atoms with E-state index in [1.54, 1.807) is 23.5 Å². The maximum atomic E-state index is 7.76. The lowest BCUT2D eigenvalue weighted by Gasteiger charge is -2.04. The van der Waals surface area contributed by atoms with Gasteiger partial charge in [0.2, 0.25) is 0 Å². The van der Waals surface area contributed by atoms with E-state index in [0.717, 1.165) is 23.4 Å². The molecule has 0 rings (SSSR count). The first-order valence-corrected chi connectivity index (χ1v) is 20.2. The standard InChI is InChI=1S/2C16H34N2S.CH5O3P/c2*1-4-5-6-7-8-9-10-11-12-13-14-18-16(17)19-15(2)3;1-4-5(2)3/h2*15H,4-14H2,1-3H3,(H2,17,18);2-3H,1H3. The third-order valence-corrected chi connectivity index (χ3v) is 8.45. The van der Waals surface area contributed by atoms with Gasteiger partial charge in [-0.2, -0.15) is 0 Å². The highest BCUT2D eigenvalue weighted by atomic mass is 32.2. The van der Waals surface area contributed by atoms with Gasteiger partial charge in [-0.05, 0) is 12.8 Å². The van der Waals surface area contributed by atoms with Crippen LogP contribution in [0.3, 0.4) is 0 Å². The molecule has 0 heterocycles. The second kappa shape index (κ2) is 40.0. The Bertz CT molecular complexity index is 552. The molecular formula is C33H73N4O3PS2. The van der Waals surface area contributed by atoms with Crippen LogP contribution in [0.25, 0.3) is 0 Å². The Hall–Kier alpha value is -0.0500. The summed E-state index contributed by atoms with van der Waals surface area (Å²) in [5.74, 6) is 0. The zero-order chi connectivity index (χ0) is 33.0. The molecule has 6 N–H and O–H groups in total. The molecule has 0 radical (unpaired) electrons. The maximum absolute atomic E-state index is 7.76. The van der Waals surface area contributed by atoms with E-state index < -0.39 is 8.60 Å². The molecule has 0 unspecified atom stereocenters. The molecule has 0 aliphatic carbocycles. The highest BCUT2D eigenvalue weighted by Gasteiger charge is 1.99. The number of nitrogens with zero attached hydrogens (tertiary/aromatic N) is 2. The van der Waals surface area contributed by atoms with Crippen molar-refractivity contribution >= 4 is 42.5 Å². The minimum Gasteiger partial charge on any atom is -0.379 e. The van der Waals surface area contributed by atoms with Crippen molar-refractivity contribution in [3.05, 3.63) is 0 Å². The van der Waals surface area contributed by atoms with Crippen molar-refractivity contribution in [1.82, 2.24) is 0 Å². The van der Waals surface area contributed by atoms with Crippen LogP contribution in [0.5, 0.6) is 0 Å². The summed E-state index contributed by atoms with van der Waals surface area (Å²) in [6.07, 6.45) is 27.4. The summed E-state index contributed by atoms with van der Waals surface area (Å²) in [4.78, 5) is 24.3. The number of rotatable bonds is 25. The zero-order valence-corrected chi connectivity index (χ0v) is 31.9. The average molecular weight is 669 g/mol. The number of nitrogens with two attached hydrogens (primary N) is 2. The number of hydrogen-bond acceptors (Lipinski definition) is 7. The van der Waals surface area contributed by atoms with Gasteiger partial charge in [-0.1, -0.05) is 181 Å². The van der Waals surface area contributed by atoms with Gasteiger partial charge in [0.15, 0.2) is 10.3 Å². The fourth-order valence-corrected chi connectivity index (χ4v) is 5.43. The third kappa shape index (κ3) is 51.8. The molecule has 0 fully saturated rings. The molecule has 0 spiro atoms. The molecule has 0 saturated heterocycles. The Kier molecular flexibility index (Phi) is 44.0. The average Bonchev–Trinajstić information content (AvgIpc) is 2.94. The first-order valence-electron chi connectivity index (χ1n) is 17.3. The Morgan fingerprint density at radius 3 is 1.00 bits per heavy atom. The molecule has 0 aliphatic rings. The monoisotopic (exact) mass is 668 g/mol. The number of hydrogen-bond donors (Lipinski definition) is 4. The number of aliphatic imine (C=N–C) groups is 2. The molecular weight excluding hydrogens is 595 g/mol. The Balaban J connectivity index is -0.000000642.